The summed E-state index contributed by atoms with van der Waals surface area (Å²) in [7, 11) is 1.64. The summed E-state index contributed by atoms with van der Waals surface area (Å²) in [5.74, 6) is 1.19. The van der Waals surface area contributed by atoms with Gasteiger partial charge in [-0.15, -0.1) is 0 Å². The molecule has 6 nitrogen and oxygen atoms in total. The number of nitrogens with two attached hydrogens (primary N) is 1. The molecule has 0 aromatic carbocycles. The highest BCUT2D eigenvalue weighted by Crippen LogP contribution is 1.94. The van der Waals surface area contributed by atoms with Gasteiger partial charge >= 0.3 is 0 Å². The summed E-state index contributed by atoms with van der Waals surface area (Å²) in [6.07, 6.45) is 4.93. The third-order valence-electron chi connectivity index (χ3n) is 1.54. The summed E-state index contributed by atoms with van der Waals surface area (Å²) >= 11 is 0. The zero-order valence-electron chi connectivity index (χ0n) is 8.07. The Hall–Kier alpha value is -1.85. The maximum Gasteiger partial charge on any atom is 0.188 e. The van der Waals surface area contributed by atoms with Crippen LogP contribution in [0.4, 0.5) is 5.82 Å². The molecular formula is C8H14N6. The van der Waals surface area contributed by atoms with Crippen molar-refractivity contribution in [3.8, 4) is 0 Å². The Balaban J connectivity index is 2.17. The summed E-state index contributed by atoms with van der Waals surface area (Å²) in [4.78, 5) is 11.7. The van der Waals surface area contributed by atoms with Crippen molar-refractivity contribution in [2.45, 2.75) is 0 Å². The van der Waals surface area contributed by atoms with Crippen LogP contribution < -0.4 is 16.4 Å². The number of hydrogen-bond donors (Lipinski definition) is 3. The van der Waals surface area contributed by atoms with Crippen molar-refractivity contribution in [2.24, 2.45) is 10.7 Å². The topological polar surface area (TPSA) is 88.2 Å². The number of aromatic nitrogens is 2. The van der Waals surface area contributed by atoms with Crippen molar-refractivity contribution in [1.82, 2.24) is 15.3 Å². The van der Waals surface area contributed by atoms with Gasteiger partial charge in [0.05, 0.1) is 6.20 Å². The summed E-state index contributed by atoms with van der Waals surface area (Å²) in [5.41, 5.74) is 5.44. The van der Waals surface area contributed by atoms with Gasteiger partial charge in [0, 0.05) is 32.5 Å². The van der Waals surface area contributed by atoms with E-state index in [1.54, 1.807) is 25.6 Å². The number of aliphatic imine (C=N–C) groups is 1. The fourth-order valence-corrected chi connectivity index (χ4v) is 0.851. The van der Waals surface area contributed by atoms with Gasteiger partial charge < -0.3 is 16.4 Å². The molecule has 0 amide bonds. The van der Waals surface area contributed by atoms with Crippen LogP contribution in [-0.2, 0) is 0 Å². The van der Waals surface area contributed by atoms with E-state index in [4.69, 9.17) is 5.73 Å². The molecule has 76 valence electrons. The highest BCUT2D eigenvalue weighted by atomic mass is 15.1. The molecule has 0 aliphatic carbocycles. The lowest BCUT2D eigenvalue weighted by molar-refractivity contribution is 0.889. The standard InChI is InChI=1S/C8H14N6/c1-10-8(9)14-5-4-13-7-6-11-2-3-12-7/h2-3,6H,4-5H2,1H3,(H,12,13)(H3,9,10,14). The van der Waals surface area contributed by atoms with Gasteiger partial charge in [0.25, 0.3) is 0 Å². The van der Waals surface area contributed by atoms with Crippen molar-refractivity contribution >= 4 is 11.8 Å². The Kier molecular flexibility index (Phi) is 4.19. The first-order valence-corrected chi connectivity index (χ1v) is 4.29. The molecule has 0 atom stereocenters. The van der Waals surface area contributed by atoms with E-state index in [-0.39, 0.29) is 0 Å². The SMILES string of the molecule is CN=C(N)NCCNc1cnccn1. The van der Waals surface area contributed by atoms with E-state index in [0.717, 1.165) is 12.4 Å². The molecule has 1 aromatic rings. The zero-order valence-corrected chi connectivity index (χ0v) is 8.07. The van der Waals surface area contributed by atoms with E-state index < -0.39 is 0 Å². The van der Waals surface area contributed by atoms with Crippen LogP contribution in [0, 0.1) is 0 Å². The molecule has 0 aliphatic heterocycles. The Labute approximate surface area is 82.7 Å². The number of nitrogens with zero attached hydrogens (tertiary/aromatic N) is 3. The van der Waals surface area contributed by atoms with Crippen LogP contribution in [0.1, 0.15) is 0 Å². The number of anilines is 1. The Morgan fingerprint density at radius 1 is 1.50 bits per heavy atom. The number of rotatable bonds is 4. The maximum atomic E-state index is 5.44. The van der Waals surface area contributed by atoms with Gasteiger partial charge in [0.1, 0.15) is 5.82 Å². The molecule has 0 unspecified atom stereocenters. The lowest BCUT2D eigenvalue weighted by Crippen LogP contribution is -2.34. The van der Waals surface area contributed by atoms with E-state index in [1.807, 2.05) is 0 Å². The smallest absolute Gasteiger partial charge is 0.188 e. The molecule has 0 spiro atoms. The summed E-state index contributed by atoms with van der Waals surface area (Å²) < 4.78 is 0. The second-order valence-corrected chi connectivity index (χ2v) is 2.55. The monoisotopic (exact) mass is 194 g/mol. The first kappa shape index (κ1) is 10.2. The second kappa shape index (κ2) is 5.74. The van der Waals surface area contributed by atoms with Gasteiger partial charge in [-0.1, -0.05) is 0 Å². The molecule has 14 heavy (non-hydrogen) atoms. The third kappa shape index (κ3) is 3.70. The lowest BCUT2D eigenvalue weighted by Gasteiger charge is -2.06. The minimum absolute atomic E-state index is 0.436. The fraction of sp³-hybridized carbons (Fsp3) is 0.375. The summed E-state index contributed by atoms with van der Waals surface area (Å²) in [6, 6.07) is 0. The largest absolute Gasteiger partial charge is 0.370 e. The van der Waals surface area contributed by atoms with Gasteiger partial charge in [-0.3, -0.25) is 9.98 Å². The highest BCUT2D eigenvalue weighted by molar-refractivity contribution is 5.77. The molecule has 0 saturated heterocycles. The van der Waals surface area contributed by atoms with E-state index in [2.05, 4.69) is 25.6 Å². The Bertz CT molecular complexity index is 283. The third-order valence-corrected chi connectivity index (χ3v) is 1.54. The average molecular weight is 194 g/mol. The first-order chi connectivity index (χ1) is 6.83. The molecule has 4 N–H and O–H groups in total. The predicted molar refractivity (Wildman–Crippen MR) is 56.1 cm³/mol. The van der Waals surface area contributed by atoms with Crippen LogP contribution >= 0.6 is 0 Å². The van der Waals surface area contributed by atoms with Crippen molar-refractivity contribution < 1.29 is 0 Å². The fourth-order valence-electron chi connectivity index (χ4n) is 0.851. The summed E-state index contributed by atoms with van der Waals surface area (Å²) in [5, 5.41) is 6.00. The molecule has 0 saturated carbocycles. The highest BCUT2D eigenvalue weighted by Gasteiger charge is 1.91. The van der Waals surface area contributed by atoms with Crippen molar-refractivity contribution in [3.63, 3.8) is 0 Å². The van der Waals surface area contributed by atoms with Crippen LogP contribution in [0.25, 0.3) is 0 Å². The Morgan fingerprint density at radius 2 is 2.36 bits per heavy atom. The Morgan fingerprint density at radius 3 is 3.00 bits per heavy atom. The van der Waals surface area contributed by atoms with Crippen molar-refractivity contribution in [1.29, 1.82) is 0 Å². The molecule has 0 bridgehead atoms. The summed E-state index contributed by atoms with van der Waals surface area (Å²) in [6.45, 7) is 1.41. The van der Waals surface area contributed by atoms with Gasteiger partial charge in [0.15, 0.2) is 5.96 Å². The van der Waals surface area contributed by atoms with Crippen molar-refractivity contribution in [2.75, 3.05) is 25.5 Å². The molecular weight excluding hydrogens is 180 g/mol. The number of guanidine groups is 1. The van der Waals surface area contributed by atoms with Crippen LogP contribution in [0.3, 0.4) is 0 Å². The normalized spacial score (nSPS) is 11.1. The quantitative estimate of drug-likeness (QED) is 0.339. The molecule has 1 aromatic heterocycles. The van der Waals surface area contributed by atoms with Gasteiger partial charge in [-0.05, 0) is 0 Å². The van der Waals surface area contributed by atoms with Gasteiger partial charge in [-0.25, -0.2) is 4.98 Å². The number of hydrogen-bond acceptors (Lipinski definition) is 4. The van der Waals surface area contributed by atoms with E-state index in [1.165, 1.54) is 0 Å². The van der Waals surface area contributed by atoms with Gasteiger partial charge in [-0.2, -0.15) is 0 Å². The zero-order chi connectivity index (χ0) is 10.2. The number of nitrogens with one attached hydrogen (secondary N) is 2. The van der Waals surface area contributed by atoms with Gasteiger partial charge in [0.2, 0.25) is 0 Å². The maximum absolute atomic E-state index is 5.44. The first-order valence-electron chi connectivity index (χ1n) is 4.29. The van der Waals surface area contributed by atoms with Crippen LogP contribution in [-0.4, -0.2) is 36.1 Å². The van der Waals surface area contributed by atoms with E-state index >= 15 is 0 Å². The molecule has 0 radical (unpaired) electrons. The molecule has 1 rings (SSSR count). The molecule has 6 heteroatoms. The van der Waals surface area contributed by atoms with E-state index in [0.29, 0.717) is 12.5 Å². The second-order valence-electron chi connectivity index (χ2n) is 2.55. The minimum Gasteiger partial charge on any atom is -0.370 e. The van der Waals surface area contributed by atoms with Crippen LogP contribution in [0.15, 0.2) is 23.6 Å². The van der Waals surface area contributed by atoms with Crippen LogP contribution in [0.5, 0.6) is 0 Å². The predicted octanol–water partition coefficient (Wildman–Crippen LogP) is -0.577. The van der Waals surface area contributed by atoms with E-state index in [9.17, 15) is 0 Å². The molecule has 0 fully saturated rings. The van der Waals surface area contributed by atoms with Crippen molar-refractivity contribution in [3.05, 3.63) is 18.6 Å². The van der Waals surface area contributed by atoms with Crippen LogP contribution in [0.2, 0.25) is 0 Å². The lowest BCUT2D eigenvalue weighted by atomic mass is 10.5. The molecule has 1 heterocycles. The average Bonchev–Trinajstić information content (AvgIpc) is 2.25. The molecule has 0 aliphatic rings. The minimum atomic E-state index is 0.436.